The summed E-state index contributed by atoms with van der Waals surface area (Å²) in [5, 5.41) is 12.5. The second kappa shape index (κ2) is 7.79. The lowest BCUT2D eigenvalue weighted by Crippen LogP contribution is -2.12. The van der Waals surface area contributed by atoms with Gasteiger partial charge in [0.2, 0.25) is 5.91 Å². The summed E-state index contributed by atoms with van der Waals surface area (Å²) in [5.41, 5.74) is 0.660. The normalized spacial score (nSPS) is 10.7. The summed E-state index contributed by atoms with van der Waals surface area (Å²) in [6.07, 6.45) is 1.33. The maximum atomic E-state index is 11.7. The van der Waals surface area contributed by atoms with E-state index in [1.54, 1.807) is 6.07 Å². The van der Waals surface area contributed by atoms with Crippen LogP contribution < -0.4 is 5.32 Å². The Morgan fingerprint density at radius 1 is 1.13 bits per heavy atom. The molecule has 7 nitrogen and oxygen atoms in total. The number of nitrogens with one attached hydrogen (secondary N) is 1. The van der Waals surface area contributed by atoms with Crippen molar-refractivity contribution in [2.75, 3.05) is 5.32 Å². The predicted molar refractivity (Wildman–Crippen MR) is 83.1 cm³/mol. The number of phenolic OH excluding ortho intramolecular Hbond substituents is 1. The maximum Gasteiger partial charge on any atom is 0.382 e. The third-order valence-corrected chi connectivity index (χ3v) is 2.61. The molecular weight excluding hydrogens is 302 g/mol. The van der Waals surface area contributed by atoms with Crippen molar-refractivity contribution in [1.29, 1.82) is 0 Å². The minimum absolute atomic E-state index is 0.0785. The Morgan fingerprint density at radius 2 is 1.74 bits per heavy atom. The highest BCUT2D eigenvalue weighted by Crippen LogP contribution is 2.29. The summed E-state index contributed by atoms with van der Waals surface area (Å²) >= 11 is 0. The number of para-hydroxylation sites is 1. The first-order valence-corrected chi connectivity index (χ1v) is 6.59. The third-order valence-electron chi connectivity index (χ3n) is 2.61. The summed E-state index contributed by atoms with van der Waals surface area (Å²) in [4.78, 5) is 42.5. The summed E-state index contributed by atoms with van der Waals surface area (Å²) in [6.45, 7) is 7.47. The first kappa shape index (κ1) is 18.0. The van der Waals surface area contributed by atoms with Gasteiger partial charge in [0.05, 0.1) is 5.69 Å². The summed E-state index contributed by atoms with van der Waals surface area (Å²) in [7, 11) is 0. The minimum atomic E-state index is -0.899. The van der Waals surface area contributed by atoms with E-state index >= 15 is 0 Å². The topological polar surface area (TPSA) is 102 Å². The van der Waals surface area contributed by atoms with Gasteiger partial charge < -0.3 is 10.4 Å². The van der Waals surface area contributed by atoms with Crippen LogP contribution in [0.25, 0.3) is 6.08 Å². The zero-order valence-corrected chi connectivity index (χ0v) is 13.0. The highest BCUT2D eigenvalue weighted by molar-refractivity contribution is 5.96. The molecule has 1 aromatic rings. The van der Waals surface area contributed by atoms with E-state index in [1.165, 1.54) is 39.0 Å². The standard InChI is InChI=1S/C16H17NO6/c1-9(2)15(20)22-23-16(21)10(3)8-12-6-5-7-13(14(12)19)17-11(4)18/h5-8,19H,1H2,2-4H3,(H,17,18)/b10-8+. The van der Waals surface area contributed by atoms with E-state index in [-0.39, 0.29) is 34.1 Å². The molecule has 0 bridgehead atoms. The molecule has 1 aromatic carbocycles. The Kier molecular flexibility index (Phi) is 6.08. The average Bonchev–Trinajstić information content (AvgIpc) is 2.47. The first-order valence-electron chi connectivity index (χ1n) is 6.59. The molecule has 0 saturated carbocycles. The van der Waals surface area contributed by atoms with Crippen molar-refractivity contribution in [3.05, 3.63) is 41.5 Å². The maximum absolute atomic E-state index is 11.7. The van der Waals surface area contributed by atoms with Crippen LogP contribution in [0, 0.1) is 0 Å². The molecular formula is C16H17NO6. The lowest BCUT2D eigenvalue weighted by molar-refractivity contribution is -0.252. The number of carbonyl (C=O) groups excluding carboxylic acids is 3. The van der Waals surface area contributed by atoms with Gasteiger partial charge in [-0.2, -0.15) is 0 Å². The fraction of sp³-hybridized carbons (Fsp3) is 0.188. The van der Waals surface area contributed by atoms with Crippen molar-refractivity contribution in [3.8, 4) is 5.75 Å². The van der Waals surface area contributed by atoms with Gasteiger partial charge >= 0.3 is 11.9 Å². The van der Waals surface area contributed by atoms with Crippen molar-refractivity contribution >= 4 is 29.6 Å². The van der Waals surface area contributed by atoms with Crippen LogP contribution in [0.5, 0.6) is 5.75 Å². The van der Waals surface area contributed by atoms with Gasteiger partial charge in [-0.3, -0.25) is 4.79 Å². The Bertz CT molecular complexity index is 690. The molecule has 7 heteroatoms. The molecule has 1 rings (SSSR count). The second-order valence-electron chi connectivity index (χ2n) is 4.77. The largest absolute Gasteiger partial charge is 0.505 e. The van der Waals surface area contributed by atoms with E-state index in [9.17, 15) is 19.5 Å². The first-order chi connectivity index (χ1) is 10.7. The predicted octanol–water partition coefficient (Wildman–Crippen LogP) is 2.33. The number of rotatable bonds is 4. The number of phenols is 1. The Hall–Kier alpha value is -3.09. The highest BCUT2D eigenvalue weighted by atomic mass is 17.2. The van der Waals surface area contributed by atoms with E-state index in [2.05, 4.69) is 21.7 Å². The number of amides is 1. The van der Waals surface area contributed by atoms with Gasteiger partial charge in [0.15, 0.2) is 0 Å². The number of carbonyl (C=O) groups is 3. The van der Waals surface area contributed by atoms with Crippen molar-refractivity contribution in [2.45, 2.75) is 20.8 Å². The van der Waals surface area contributed by atoms with Crippen LogP contribution in [-0.2, 0) is 24.2 Å². The minimum Gasteiger partial charge on any atom is -0.505 e. The number of hydrogen-bond acceptors (Lipinski definition) is 6. The summed E-state index contributed by atoms with van der Waals surface area (Å²) < 4.78 is 0. The van der Waals surface area contributed by atoms with Crippen LogP contribution in [0.4, 0.5) is 5.69 Å². The molecule has 0 radical (unpaired) electrons. The Morgan fingerprint density at radius 3 is 2.30 bits per heavy atom. The molecule has 0 aliphatic rings. The van der Waals surface area contributed by atoms with E-state index in [1.807, 2.05) is 0 Å². The van der Waals surface area contributed by atoms with E-state index < -0.39 is 11.9 Å². The smallest absolute Gasteiger partial charge is 0.382 e. The number of anilines is 1. The van der Waals surface area contributed by atoms with Gasteiger partial charge in [-0.15, -0.1) is 0 Å². The van der Waals surface area contributed by atoms with Crippen LogP contribution in [0.1, 0.15) is 26.3 Å². The van der Waals surface area contributed by atoms with Crippen LogP contribution in [0.2, 0.25) is 0 Å². The highest BCUT2D eigenvalue weighted by Gasteiger charge is 2.14. The van der Waals surface area contributed by atoms with Gasteiger partial charge in [0.25, 0.3) is 0 Å². The zero-order chi connectivity index (χ0) is 17.6. The summed E-state index contributed by atoms with van der Waals surface area (Å²) in [5.74, 6) is -2.30. The molecule has 0 aliphatic carbocycles. The SMILES string of the molecule is C=C(C)C(=O)OOC(=O)/C(C)=C/c1cccc(NC(C)=O)c1O. The van der Waals surface area contributed by atoms with Crippen LogP contribution in [0.15, 0.2) is 35.9 Å². The molecule has 0 aliphatic heterocycles. The molecule has 0 unspecified atom stereocenters. The van der Waals surface area contributed by atoms with E-state index in [0.29, 0.717) is 0 Å². The molecule has 2 N–H and O–H groups in total. The third kappa shape index (κ3) is 5.31. The molecule has 122 valence electrons. The molecule has 1 amide bonds. The van der Waals surface area contributed by atoms with Crippen LogP contribution in [0.3, 0.4) is 0 Å². The molecule has 23 heavy (non-hydrogen) atoms. The van der Waals surface area contributed by atoms with E-state index in [0.717, 1.165) is 0 Å². The van der Waals surface area contributed by atoms with E-state index in [4.69, 9.17) is 0 Å². The van der Waals surface area contributed by atoms with Crippen molar-refractivity contribution < 1.29 is 29.3 Å². The van der Waals surface area contributed by atoms with Gasteiger partial charge in [-0.1, -0.05) is 18.7 Å². The summed E-state index contributed by atoms with van der Waals surface area (Å²) in [6, 6.07) is 4.64. The lowest BCUT2D eigenvalue weighted by atomic mass is 10.1. The Labute approximate surface area is 133 Å². The van der Waals surface area contributed by atoms with Gasteiger partial charge in [0.1, 0.15) is 5.75 Å². The van der Waals surface area contributed by atoms with Gasteiger partial charge in [-0.25, -0.2) is 19.4 Å². The fourth-order valence-corrected chi connectivity index (χ4v) is 1.47. The average molecular weight is 319 g/mol. The van der Waals surface area contributed by atoms with Crippen molar-refractivity contribution in [3.63, 3.8) is 0 Å². The lowest BCUT2D eigenvalue weighted by Gasteiger charge is -2.08. The van der Waals surface area contributed by atoms with Gasteiger partial charge in [0, 0.05) is 23.6 Å². The monoisotopic (exact) mass is 319 g/mol. The fourth-order valence-electron chi connectivity index (χ4n) is 1.47. The van der Waals surface area contributed by atoms with Crippen LogP contribution >= 0.6 is 0 Å². The van der Waals surface area contributed by atoms with Crippen molar-refractivity contribution in [1.82, 2.24) is 0 Å². The quantitative estimate of drug-likeness (QED) is 0.382. The van der Waals surface area contributed by atoms with Crippen LogP contribution in [-0.4, -0.2) is 23.0 Å². The van der Waals surface area contributed by atoms with Crippen molar-refractivity contribution in [2.24, 2.45) is 0 Å². The number of hydrogen-bond donors (Lipinski definition) is 2. The number of benzene rings is 1. The molecule has 0 fully saturated rings. The number of aromatic hydroxyl groups is 1. The Balaban J connectivity index is 2.89. The molecule has 0 spiro atoms. The molecule has 0 saturated heterocycles. The molecule has 0 heterocycles. The second-order valence-corrected chi connectivity index (χ2v) is 4.77. The van der Waals surface area contributed by atoms with Gasteiger partial charge in [-0.05, 0) is 26.0 Å². The zero-order valence-electron chi connectivity index (χ0n) is 13.0. The molecule has 0 aromatic heterocycles. The molecule has 0 atom stereocenters.